The minimum atomic E-state index is -0.0248. The van der Waals surface area contributed by atoms with E-state index in [0.29, 0.717) is 26.2 Å². The Morgan fingerprint density at radius 2 is 2.00 bits per heavy atom. The lowest BCUT2D eigenvalue weighted by molar-refractivity contribution is -0.135. The summed E-state index contributed by atoms with van der Waals surface area (Å²) in [5.41, 5.74) is 6.75. The first-order valence-electron chi connectivity index (χ1n) is 6.48. The van der Waals surface area contributed by atoms with Crippen LogP contribution in [0.4, 0.5) is 0 Å². The summed E-state index contributed by atoms with van der Waals surface area (Å²) < 4.78 is 5.17. The fraction of sp³-hybridized carbons (Fsp3) is 0.400. The van der Waals surface area contributed by atoms with Gasteiger partial charge in [0.1, 0.15) is 6.61 Å². The van der Waals surface area contributed by atoms with E-state index in [1.54, 1.807) is 11.0 Å². The van der Waals surface area contributed by atoms with E-state index in [4.69, 9.17) is 10.5 Å². The first-order valence-corrected chi connectivity index (χ1v) is 6.48. The summed E-state index contributed by atoms with van der Waals surface area (Å²) in [4.78, 5) is 13.7. The molecule has 0 aliphatic carbocycles. The minimum absolute atomic E-state index is 0. The number of benzene rings is 1. The van der Waals surface area contributed by atoms with Crippen molar-refractivity contribution in [3.05, 3.63) is 48.6 Å². The van der Waals surface area contributed by atoms with Crippen LogP contribution in [-0.2, 0) is 16.0 Å². The van der Waals surface area contributed by atoms with Crippen LogP contribution >= 0.6 is 12.4 Å². The molecule has 0 radical (unpaired) electrons. The van der Waals surface area contributed by atoms with Gasteiger partial charge >= 0.3 is 0 Å². The molecule has 1 rings (SSSR count). The predicted molar refractivity (Wildman–Crippen MR) is 84.0 cm³/mol. The smallest absolute Gasteiger partial charge is 0.248 e. The normalized spacial score (nSPS) is 9.65. The van der Waals surface area contributed by atoms with E-state index in [0.717, 1.165) is 6.42 Å². The topological polar surface area (TPSA) is 55.6 Å². The van der Waals surface area contributed by atoms with Gasteiger partial charge in [-0.3, -0.25) is 4.79 Å². The average Bonchev–Trinajstić information content (AvgIpc) is 2.44. The van der Waals surface area contributed by atoms with Crippen molar-refractivity contribution in [2.75, 3.05) is 32.8 Å². The third kappa shape index (κ3) is 7.28. The third-order valence-corrected chi connectivity index (χ3v) is 2.73. The van der Waals surface area contributed by atoms with Crippen LogP contribution in [0.5, 0.6) is 0 Å². The standard InChI is InChI=1S/C15H22N2O2.ClH/c1-2-12-19-13-15(18)17(11-9-16)10-8-14-6-4-3-5-7-14;/h2-7H,1,8-13,16H2;1H. The number of carbonyl (C=O) groups is 1. The van der Waals surface area contributed by atoms with Crippen molar-refractivity contribution in [2.45, 2.75) is 6.42 Å². The molecule has 1 aromatic rings. The number of halogens is 1. The molecular weight excluding hydrogens is 276 g/mol. The molecule has 0 unspecified atom stereocenters. The maximum atomic E-state index is 11.9. The molecule has 0 atom stereocenters. The van der Waals surface area contributed by atoms with Gasteiger partial charge in [-0.15, -0.1) is 19.0 Å². The first kappa shape index (κ1) is 18.6. The quantitative estimate of drug-likeness (QED) is 0.557. The maximum absolute atomic E-state index is 11.9. The number of ether oxygens (including phenoxy) is 1. The Morgan fingerprint density at radius 3 is 2.60 bits per heavy atom. The van der Waals surface area contributed by atoms with E-state index >= 15 is 0 Å². The van der Waals surface area contributed by atoms with Gasteiger partial charge in [-0.1, -0.05) is 36.4 Å². The summed E-state index contributed by atoms with van der Waals surface area (Å²) in [5.74, 6) is -0.0248. The Hall–Kier alpha value is -1.36. The lowest BCUT2D eigenvalue weighted by atomic mass is 10.1. The molecule has 0 fully saturated rings. The average molecular weight is 299 g/mol. The fourth-order valence-electron chi connectivity index (χ4n) is 1.75. The van der Waals surface area contributed by atoms with Crippen LogP contribution in [0, 0.1) is 0 Å². The van der Waals surface area contributed by atoms with Gasteiger partial charge in [0.25, 0.3) is 0 Å². The van der Waals surface area contributed by atoms with Crippen molar-refractivity contribution in [3.8, 4) is 0 Å². The van der Waals surface area contributed by atoms with Gasteiger partial charge in [-0.25, -0.2) is 0 Å². The van der Waals surface area contributed by atoms with Crippen LogP contribution in [0.25, 0.3) is 0 Å². The molecule has 4 nitrogen and oxygen atoms in total. The molecule has 2 N–H and O–H groups in total. The van der Waals surface area contributed by atoms with Gasteiger partial charge < -0.3 is 15.4 Å². The number of hydrogen-bond donors (Lipinski definition) is 1. The minimum Gasteiger partial charge on any atom is -0.368 e. The highest BCUT2D eigenvalue weighted by Crippen LogP contribution is 2.02. The number of nitrogens with two attached hydrogens (primary N) is 1. The lowest BCUT2D eigenvalue weighted by Crippen LogP contribution is -2.39. The Kier molecular flexibility index (Phi) is 10.7. The summed E-state index contributed by atoms with van der Waals surface area (Å²) in [6, 6.07) is 10.1. The van der Waals surface area contributed by atoms with Crippen molar-refractivity contribution in [2.24, 2.45) is 5.73 Å². The molecule has 0 saturated heterocycles. The zero-order valence-corrected chi connectivity index (χ0v) is 12.5. The largest absolute Gasteiger partial charge is 0.368 e. The molecule has 0 aliphatic heterocycles. The number of rotatable bonds is 9. The van der Waals surface area contributed by atoms with Gasteiger partial charge in [0.05, 0.1) is 6.61 Å². The van der Waals surface area contributed by atoms with E-state index in [-0.39, 0.29) is 24.9 Å². The van der Waals surface area contributed by atoms with Crippen molar-refractivity contribution in [1.82, 2.24) is 4.90 Å². The van der Waals surface area contributed by atoms with Crippen molar-refractivity contribution >= 4 is 18.3 Å². The number of nitrogens with zero attached hydrogens (tertiary/aromatic N) is 1. The van der Waals surface area contributed by atoms with Gasteiger partial charge in [-0.05, 0) is 12.0 Å². The Bertz CT molecular complexity index is 385. The molecule has 0 heterocycles. The number of hydrogen-bond acceptors (Lipinski definition) is 3. The molecule has 1 aromatic carbocycles. The third-order valence-electron chi connectivity index (χ3n) is 2.73. The Balaban J connectivity index is 0.00000361. The van der Waals surface area contributed by atoms with Gasteiger partial charge in [0.15, 0.2) is 0 Å². The molecule has 0 spiro atoms. The molecule has 0 aromatic heterocycles. The van der Waals surface area contributed by atoms with Crippen molar-refractivity contribution < 1.29 is 9.53 Å². The van der Waals surface area contributed by atoms with Crippen molar-refractivity contribution in [1.29, 1.82) is 0 Å². The van der Waals surface area contributed by atoms with E-state index in [9.17, 15) is 4.79 Å². The molecular formula is C15H23ClN2O2. The van der Waals surface area contributed by atoms with Crippen LogP contribution in [0.1, 0.15) is 5.56 Å². The Labute approximate surface area is 127 Å². The van der Waals surface area contributed by atoms with Crippen LogP contribution in [0.3, 0.4) is 0 Å². The van der Waals surface area contributed by atoms with E-state index < -0.39 is 0 Å². The first-order chi connectivity index (χ1) is 9.27. The zero-order chi connectivity index (χ0) is 13.9. The second-order valence-electron chi connectivity index (χ2n) is 4.21. The van der Waals surface area contributed by atoms with Gasteiger partial charge in [-0.2, -0.15) is 0 Å². The van der Waals surface area contributed by atoms with Crippen LogP contribution < -0.4 is 5.73 Å². The Morgan fingerprint density at radius 1 is 1.30 bits per heavy atom. The molecule has 0 saturated carbocycles. The maximum Gasteiger partial charge on any atom is 0.248 e. The lowest BCUT2D eigenvalue weighted by Gasteiger charge is -2.22. The molecule has 0 bridgehead atoms. The SMILES string of the molecule is C=CCOCC(=O)N(CCN)CCc1ccccc1.Cl. The van der Waals surface area contributed by atoms with Crippen molar-refractivity contribution in [3.63, 3.8) is 0 Å². The second-order valence-corrected chi connectivity index (χ2v) is 4.21. The monoisotopic (exact) mass is 298 g/mol. The molecule has 20 heavy (non-hydrogen) atoms. The second kappa shape index (κ2) is 11.5. The highest BCUT2D eigenvalue weighted by Gasteiger charge is 2.12. The highest BCUT2D eigenvalue weighted by molar-refractivity contribution is 5.85. The van der Waals surface area contributed by atoms with E-state index in [1.165, 1.54) is 5.56 Å². The summed E-state index contributed by atoms with van der Waals surface area (Å²) in [5, 5.41) is 0. The highest BCUT2D eigenvalue weighted by atomic mass is 35.5. The summed E-state index contributed by atoms with van der Waals surface area (Å²) >= 11 is 0. The predicted octanol–water partition coefficient (Wildman–Crippen LogP) is 1.64. The molecule has 0 aliphatic rings. The van der Waals surface area contributed by atoms with Gasteiger partial charge in [0, 0.05) is 19.6 Å². The van der Waals surface area contributed by atoms with E-state index in [2.05, 4.69) is 18.7 Å². The van der Waals surface area contributed by atoms with E-state index in [1.807, 2.05) is 18.2 Å². The summed E-state index contributed by atoms with van der Waals surface area (Å²) in [6.45, 7) is 5.70. The number of amides is 1. The molecule has 112 valence electrons. The summed E-state index contributed by atoms with van der Waals surface area (Å²) in [6.07, 6.45) is 2.46. The van der Waals surface area contributed by atoms with Crippen LogP contribution in [0.2, 0.25) is 0 Å². The fourth-order valence-corrected chi connectivity index (χ4v) is 1.75. The number of carbonyl (C=O) groups excluding carboxylic acids is 1. The van der Waals surface area contributed by atoms with Gasteiger partial charge in [0.2, 0.25) is 5.91 Å². The molecule has 1 amide bonds. The summed E-state index contributed by atoms with van der Waals surface area (Å²) in [7, 11) is 0. The molecule has 5 heteroatoms. The van der Waals surface area contributed by atoms with Crippen LogP contribution in [-0.4, -0.2) is 43.7 Å². The van der Waals surface area contributed by atoms with Crippen LogP contribution in [0.15, 0.2) is 43.0 Å². The zero-order valence-electron chi connectivity index (χ0n) is 11.7.